The van der Waals surface area contributed by atoms with Crippen molar-refractivity contribution in [3.05, 3.63) is 76.0 Å². The van der Waals surface area contributed by atoms with Crippen LogP contribution in [0.2, 0.25) is 10.0 Å². The van der Waals surface area contributed by atoms with E-state index in [1.54, 1.807) is 36.4 Å². The smallest absolute Gasteiger partial charge is 0.277 e. The molecule has 2 aromatic carbocycles. The van der Waals surface area contributed by atoms with Crippen molar-refractivity contribution in [2.24, 2.45) is 5.10 Å². The first-order valence-corrected chi connectivity index (χ1v) is 8.84. The number of benzene rings is 2. The van der Waals surface area contributed by atoms with Gasteiger partial charge in [-0.1, -0.05) is 35.3 Å². The van der Waals surface area contributed by atoms with Gasteiger partial charge in [0.05, 0.1) is 11.2 Å². The van der Waals surface area contributed by atoms with E-state index in [2.05, 4.69) is 10.5 Å². The highest BCUT2D eigenvalue weighted by Gasteiger charge is 2.07. The molecule has 0 fully saturated rings. The lowest BCUT2D eigenvalue weighted by atomic mass is 10.2. The second kappa shape index (κ2) is 8.75. The Bertz CT molecular complexity index is 983. The number of carbonyl (C=O) groups excluding carboxylic acids is 1. The first kappa shape index (κ1) is 19.0. The van der Waals surface area contributed by atoms with Gasteiger partial charge in [-0.3, -0.25) is 4.79 Å². The molecule has 5 nitrogen and oxygen atoms in total. The van der Waals surface area contributed by atoms with Gasteiger partial charge in [0.25, 0.3) is 5.91 Å². The van der Waals surface area contributed by atoms with Gasteiger partial charge >= 0.3 is 0 Å². The molecule has 0 bridgehead atoms. The summed E-state index contributed by atoms with van der Waals surface area (Å²) in [7, 11) is 0. The standard InChI is InChI=1S/C20H16Cl2N2O3/c1-13-10-14(6-8-17(13)21)26-12-20(25)24-23-11-15-7-9-19(27-15)16-4-2-3-5-18(16)22/h2-11H,12H2,1H3,(H,24,25)/b23-11-. The number of hydrogen-bond acceptors (Lipinski definition) is 4. The summed E-state index contributed by atoms with van der Waals surface area (Å²) in [5.41, 5.74) is 4.04. The van der Waals surface area contributed by atoms with Crippen LogP contribution in [0.4, 0.5) is 0 Å². The molecule has 1 amide bonds. The van der Waals surface area contributed by atoms with Crippen molar-refractivity contribution in [1.29, 1.82) is 0 Å². The Hall–Kier alpha value is -2.76. The number of nitrogens with zero attached hydrogens (tertiary/aromatic N) is 1. The van der Waals surface area contributed by atoms with E-state index in [1.807, 2.05) is 25.1 Å². The second-order valence-corrected chi connectivity index (χ2v) is 6.49. The number of amides is 1. The first-order chi connectivity index (χ1) is 13.0. The van der Waals surface area contributed by atoms with E-state index in [-0.39, 0.29) is 6.61 Å². The highest BCUT2D eigenvalue weighted by molar-refractivity contribution is 6.33. The van der Waals surface area contributed by atoms with Crippen LogP contribution in [0.25, 0.3) is 11.3 Å². The molecule has 0 radical (unpaired) electrons. The van der Waals surface area contributed by atoms with Gasteiger partial charge in [-0.05, 0) is 55.0 Å². The van der Waals surface area contributed by atoms with Crippen molar-refractivity contribution in [2.75, 3.05) is 6.61 Å². The largest absolute Gasteiger partial charge is 0.484 e. The summed E-state index contributed by atoms with van der Waals surface area (Å²) < 4.78 is 11.1. The van der Waals surface area contributed by atoms with Gasteiger partial charge in [0.15, 0.2) is 6.61 Å². The second-order valence-electron chi connectivity index (χ2n) is 5.67. The Balaban J connectivity index is 1.52. The molecular formula is C20H16Cl2N2O3. The van der Waals surface area contributed by atoms with E-state index in [1.165, 1.54) is 6.21 Å². The molecule has 0 spiro atoms. The minimum atomic E-state index is -0.392. The molecule has 0 atom stereocenters. The van der Waals surface area contributed by atoms with E-state index in [9.17, 15) is 4.79 Å². The number of aryl methyl sites for hydroxylation is 1. The minimum absolute atomic E-state index is 0.165. The number of carbonyl (C=O) groups is 1. The van der Waals surface area contributed by atoms with Crippen molar-refractivity contribution in [3.63, 3.8) is 0 Å². The summed E-state index contributed by atoms with van der Waals surface area (Å²) in [5.74, 6) is 1.28. The predicted octanol–water partition coefficient (Wildman–Crippen LogP) is 5.09. The quantitative estimate of drug-likeness (QED) is 0.461. The zero-order valence-corrected chi connectivity index (χ0v) is 15.9. The SMILES string of the molecule is Cc1cc(OCC(=O)N/N=C\c2ccc(-c3ccccc3Cl)o2)ccc1Cl. The van der Waals surface area contributed by atoms with Crippen LogP contribution < -0.4 is 10.2 Å². The third-order valence-corrected chi connectivity index (χ3v) is 4.40. The van der Waals surface area contributed by atoms with E-state index >= 15 is 0 Å². The molecule has 27 heavy (non-hydrogen) atoms. The van der Waals surface area contributed by atoms with Crippen LogP contribution >= 0.6 is 23.2 Å². The van der Waals surface area contributed by atoms with Gasteiger partial charge in [0.2, 0.25) is 0 Å². The lowest BCUT2D eigenvalue weighted by Gasteiger charge is -2.06. The zero-order valence-electron chi connectivity index (χ0n) is 14.4. The van der Waals surface area contributed by atoms with Gasteiger partial charge < -0.3 is 9.15 Å². The lowest BCUT2D eigenvalue weighted by Crippen LogP contribution is -2.24. The number of nitrogens with one attached hydrogen (secondary N) is 1. The summed E-state index contributed by atoms with van der Waals surface area (Å²) in [6, 6.07) is 16.1. The molecule has 1 heterocycles. The van der Waals surface area contributed by atoms with Crippen LogP contribution in [0, 0.1) is 6.92 Å². The van der Waals surface area contributed by atoms with Crippen LogP contribution in [0.15, 0.2) is 64.1 Å². The summed E-state index contributed by atoms with van der Waals surface area (Å²) in [5, 5.41) is 5.10. The van der Waals surface area contributed by atoms with Crippen LogP contribution in [0.3, 0.4) is 0 Å². The summed E-state index contributed by atoms with van der Waals surface area (Å²) in [4.78, 5) is 11.8. The number of hydrogen-bond donors (Lipinski definition) is 1. The number of ether oxygens (including phenoxy) is 1. The summed E-state index contributed by atoms with van der Waals surface area (Å²) >= 11 is 12.1. The van der Waals surface area contributed by atoms with Crippen molar-refractivity contribution >= 4 is 35.3 Å². The summed E-state index contributed by atoms with van der Waals surface area (Å²) in [6.07, 6.45) is 1.41. The maximum absolute atomic E-state index is 11.8. The Morgan fingerprint density at radius 1 is 1.15 bits per heavy atom. The molecule has 1 aromatic heterocycles. The van der Waals surface area contributed by atoms with Gasteiger partial charge in [-0.2, -0.15) is 5.10 Å². The fraction of sp³-hybridized carbons (Fsp3) is 0.100. The van der Waals surface area contributed by atoms with Crippen molar-refractivity contribution < 1.29 is 13.9 Å². The highest BCUT2D eigenvalue weighted by atomic mass is 35.5. The zero-order chi connectivity index (χ0) is 19.2. The van der Waals surface area contributed by atoms with Crippen molar-refractivity contribution in [2.45, 2.75) is 6.92 Å². The molecule has 0 unspecified atom stereocenters. The normalized spacial score (nSPS) is 10.9. The molecule has 3 rings (SSSR count). The maximum atomic E-state index is 11.8. The van der Waals surface area contributed by atoms with Crippen molar-refractivity contribution in [3.8, 4) is 17.1 Å². The van der Waals surface area contributed by atoms with Gasteiger partial charge in [0.1, 0.15) is 17.3 Å². The molecule has 0 saturated heterocycles. The molecule has 1 N–H and O–H groups in total. The van der Waals surface area contributed by atoms with Crippen molar-refractivity contribution in [1.82, 2.24) is 5.43 Å². The third kappa shape index (κ3) is 5.12. The van der Waals surface area contributed by atoms with E-state index in [4.69, 9.17) is 32.4 Å². The number of halogens is 2. The summed E-state index contributed by atoms with van der Waals surface area (Å²) in [6.45, 7) is 1.70. The Kier molecular flexibility index (Phi) is 6.16. The van der Waals surface area contributed by atoms with Gasteiger partial charge in [0, 0.05) is 10.6 Å². The monoisotopic (exact) mass is 402 g/mol. The van der Waals surface area contributed by atoms with Crippen LogP contribution in [-0.4, -0.2) is 18.7 Å². The van der Waals surface area contributed by atoms with Gasteiger partial charge in [-0.25, -0.2) is 5.43 Å². The minimum Gasteiger partial charge on any atom is -0.484 e. The molecule has 0 aliphatic rings. The molecule has 0 aliphatic heterocycles. The highest BCUT2D eigenvalue weighted by Crippen LogP contribution is 2.28. The van der Waals surface area contributed by atoms with Gasteiger partial charge in [-0.15, -0.1) is 0 Å². The topological polar surface area (TPSA) is 63.8 Å². The molecule has 7 heteroatoms. The molecule has 0 saturated carbocycles. The molecule has 0 aliphatic carbocycles. The van der Waals surface area contributed by atoms with E-state index < -0.39 is 5.91 Å². The number of rotatable bonds is 6. The average Bonchev–Trinajstić information content (AvgIpc) is 3.12. The van der Waals surface area contributed by atoms with E-state index in [0.29, 0.717) is 27.3 Å². The fourth-order valence-electron chi connectivity index (χ4n) is 2.28. The van der Waals surface area contributed by atoms with Crippen LogP contribution in [0.5, 0.6) is 5.75 Å². The average molecular weight is 403 g/mol. The molecule has 3 aromatic rings. The van der Waals surface area contributed by atoms with E-state index in [0.717, 1.165) is 11.1 Å². The number of hydrazone groups is 1. The molecule has 138 valence electrons. The lowest BCUT2D eigenvalue weighted by molar-refractivity contribution is -0.123. The van der Waals surface area contributed by atoms with Crippen LogP contribution in [-0.2, 0) is 4.79 Å². The maximum Gasteiger partial charge on any atom is 0.277 e. The molecular weight excluding hydrogens is 387 g/mol. The Labute approximate surface area is 166 Å². The number of furan rings is 1. The first-order valence-electron chi connectivity index (χ1n) is 8.08. The Morgan fingerprint density at radius 2 is 1.96 bits per heavy atom. The fourth-order valence-corrected chi connectivity index (χ4v) is 2.63. The Morgan fingerprint density at radius 3 is 2.74 bits per heavy atom. The predicted molar refractivity (Wildman–Crippen MR) is 107 cm³/mol. The van der Waals surface area contributed by atoms with Crippen LogP contribution in [0.1, 0.15) is 11.3 Å². The third-order valence-electron chi connectivity index (χ3n) is 3.65.